The van der Waals surface area contributed by atoms with Crippen LogP contribution in [0.4, 0.5) is 9.80 Å². The Morgan fingerprint density at radius 2 is 2.00 bits per heavy atom. The zero-order chi connectivity index (χ0) is 14.9. The normalized spacial score (nSPS) is 23.5. The number of hydrogen-bond acceptors (Lipinski definition) is 4. The summed E-state index contributed by atoms with van der Waals surface area (Å²) < 4.78 is 0. The van der Waals surface area contributed by atoms with Gasteiger partial charge in [-0.05, 0) is 44.4 Å². The molecule has 1 aliphatic heterocycles. The van der Waals surface area contributed by atoms with Gasteiger partial charge in [-0.1, -0.05) is 0 Å². The van der Waals surface area contributed by atoms with E-state index >= 15 is 0 Å². The van der Waals surface area contributed by atoms with Crippen molar-refractivity contribution in [3.8, 4) is 0 Å². The Morgan fingerprint density at radius 3 is 2.68 bits per heavy atom. The molecule has 1 saturated heterocycles. The molecule has 2 aliphatic carbocycles. The van der Waals surface area contributed by atoms with Gasteiger partial charge in [0.15, 0.2) is 0 Å². The van der Waals surface area contributed by atoms with Crippen molar-refractivity contribution in [2.45, 2.75) is 50.5 Å². The van der Waals surface area contributed by atoms with Crippen molar-refractivity contribution < 1.29 is 4.79 Å². The Balaban J connectivity index is 1.23. The van der Waals surface area contributed by atoms with Crippen LogP contribution in [0, 0.1) is 5.92 Å². The van der Waals surface area contributed by atoms with Crippen LogP contribution in [-0.4, -0.2) is 41.6 Å². The molecule has 2 saturated carbocycles. The summed E-state index contributed by atoms with van der Waals surface area (Å²) in [6.07, 6.45) is 7.38. The van der Waals surface area contributed by atoms with Crippen LogP contribution in [0.2, 0.25) is 0 Å². The minimum absolute atomic E-state index is 0.0632. The summed E-state index contributed by atoms with van der Waals surface area (Å²) in [5.74, 6) is 1.53. The number of rotatable bonds is 5. The maximum absolute atomic E-state index is 12.2. The lowest BCUT2D eigenvalue weighted by Gasteiger charge is -2.32. The summed E-state index contributed by atoms with van der Waals surface area (Å²) in [6.45, 7) is 3.51. The van der Waals surface area contributed by atoms with Gasteiger partial charge in [0.1, 0.15) is 5.00 Å². The first-order valence-corrected chi connectivity index (χ1v) is 9.39. The standard InChI is InChI=1S/C16H24N4OS/c21-16(19-15-14(12-3-4-12)17-10-22-15)18-13-5-7-20(8-6-13)9-11-1-2-11/h10-13H,1-9H2,(H2,18,19,21). The quantitative estimate of drug-likeness (QED) is 0.877. The van der Waals surface area contributed by atoms with Crippen molar-refractivity contribution >= 4 is 22.4 Å². The maximum atomic E-state index is 12.2. The summed E-state index contributed by atoms with van der Waals surface area (Å²) >= 11 is 1.53. The van der Waals surface area contributed by atoms with Crippen LogP contribution in [0.1, 0.15) is 50.1 Å². The van der Waals surface area contributed by atoms with Crippen molar-refractivity contribution in [2.75, 3.05) is 25.0 Å². The van der Waals surface area contributed by atoms with Crippen LogP contribution >= 0.6 is 11.3 Å². The van der Waals surface area contributed by atoms with Crippen LogP contribution in [0.5, 0.6) is 0 Å². The second-order valence-electron chi connectivity index (χ2n) is 6.96. The van der Waals surface area contributed by atoms with E-state index < -0.39 is 0 Å². The van der Waals surface area contributed by atoms with Gasteiger partial charge in [-0.25, -0.2) is 9.78 Å². The monoisotopic (exact) mass is 320 g/mol. The molecule has 0 aromatic carbocycles. The van der Waals surface area contributed by atoms with Crippen molar-refractivity contribution in [2.24, 2.45) is 5.92 Å². The Bertz CT molecular complexity index is 530. The highest BCUT2D eigenvalue weighted by atomic mass is 32.1. The van der Waals surface area contributed by atoms with Crippen LogP contribution < -0.4 is 10.6 Å². The Labute approximate surface area is 135 Å². The Kier molecular flexibility index (Phi) is 4.05. The fourth-order valence-electron chi connectivity index (χ4n) is 3.25. The molecule has 120 valence electrons. The van der Waals surface area contributed by atoms with Crippen LogP contribution in [0.3, 0.4) is 0 Å². The zero-order valence-electron chi connectivity index (χ0n) is 12.9. The van der Waals surface area contributed by atoms with Gasteiger partial charge in [-0.3, -0.25) is 5.32 Å². The summed E-state index contributed by atoms with van der Waals surface area (Å²) in [4.78, 5) is 19.1. The largest absolute Gasteiger partial charge is 0.335 e. The lowest BCUT2D eigenvalue weighted by Crippen LogP contribution is -2.46. The van der Waals surface area contributed by atoms with Gasteiger partial charge in [0.2, 0.25) is 0 Å². The van der Waals surface area contributed by atoms with Crippen molar-refractivity contribution in [1.82, 2.24) is 15.2 Å². The van der Waals surface area contributed by atoms with Gasteiger partial charge in [0, 0.05) is 31.6 Å². The first kappa shape index (κ1) is 14.5. The molecule has 4 rings (SSSR count). The number of carbonyl (C=O) groups excluding carboxylic acids is 1. The SMILES string of the molecule is O=C(Nc1scnc1C1CC1)NC1CCN(CC2CC2)CC1. The molecule has 0 atom stereocenters. The molecule has 0 bridgehead atoms. The number of amides is 2. The third-order valence-corrected chi connectivity index (χ3v) is 5.68. The van der Waals surface area contributed by atoms with E-state index in [1.165, 1.54) is 43.6 Å². The molecule has 1 aromatic rings. The number of likely N-dealkylation sites (tertiary alicyclic amines) is 1. The number of urea groups is 1. The molecule has 5 nitrogen and oxygen atoms in total. The third-order valence-electron chi connectivity index (χ3n) is 4.92. The lowest BCUT2D eigenvalue weighted by atomic mass is 10.1. The first-order valence-electron chi connectivity index (χ1n) is 8.51. The fraction of sp³-hybridized carbons (Fsp3) is 0.750. The summed E-state index contributed by atoms with van der Waals surface area (Å²) in [5.41, 5.74) is 2.92. The fourth-order valence-corrected chi connectivity index (χ4v) is 4.01. The van der Waals surface area contributed by atoms with E-state index in [1.807, 2.05) is 5.51 Å². The van der Waals surface area contributed by atoms with Gasteiger partial charge >= 0.3 is 6.03 Å². The van der Waals surface area contributed by atoms with E-state index in [4.69, 9.17) is 0 Å². The number of hydrogen-bond donors (Lipinski definition) is 2. The predicted molar refractivity (Wildman–Crippen MR) is 88.4 cm³/mol. The Hall–Kier alpha value is -1.14. The second kappa shape index (κ2) is 6.16. The molecule has 22 heavy (non-hydrogen) atoms. The van der Waals surface area contributed by atoms with E-state index in [1.54, 1.807) is 0 Å². The topological polar surface area (TPSA) is 57.3 Å². The highest BCUT2D eigenvalue weighted by Gasteiger charge is 2.30. The minimum atomic E-state index is -0.0632. The molecule has 0 spiro atoms. The smallest absolute Gasteiger partial charge is 0.320 e. The van der Waals surface area contributed by atoms with E-state index in [0.29, 0.717) is 12.0 Å². The van der Waals surface area contributed by atoms with Crippen molar-refractivity contribution in [3.63, 3.8) is 0 Å². The molecule has 2 amide bonds. The highest BCUT2D eigenvalue weighted by Crippen LogP contribution is 2.43. The van der Waals surface area contributed by atoms with Gasteiger partial charge in [0.25, 0.3) is 0 Å². The highest BCUT2D eigenvalue weighted by molar-refractivity contribution is 7.14. The number of carbonyl (C=O) groups is 1. The van der Waals surface area contributed by atoms with E-state index in [9.17, 15) is 4.79 Å². The summed E-state index contributed by atoms with van der Waals surface area (Å²) in [5, 5.41) is 7.08. The molecule has 2 N–H and O–H groups in total. The third kappa shape index (κ3) is 3.60. The summed E-state index contributed by atoms with van der Waals surface area (Å²) in [6, 6.07) is 0.250. The van der Waals surface area contributed by atoms with Crippen molar-refractivity contribution in [3.05, 3.63) is 11.2 Å². The molecular weight excluding hydrogens is 296 g/mol. The predicted octanol–water partition coefficient (Wildman–Crippen LogP) is 3.02. The van der Waals surface area contributed by atoms with Gasteiger partial charge in [-0.2, -0.15) is 0 Å². The van der Waals surface area contributed by atoms with E-state index in [2.05, 4.69) is 20.5 Å². The number of nitrogens with zero attached hydrogens (tertiary/aromatic N) is 2. The number of aromatic nitrogens is 1. The summed E-state index contributed by atoms with van der Waals surface area (Å²) in [7, 11) is 0. The average molecular weight is 320 g/mol. The molecule has 3 aliphatic rings. The van der Waals surface area contributed by atoms with Gasteiger partial charge in [0.05, 0.1) is 11.2 Å². The van der Waals surface area contributed by atoms with Crippen LogP contribution in [0.25, 0.3) is 0 Å². The molecule has 3 fully saturated rings. The molecule has 2 heterocycles. The molecular formula is C16H24N4OS. The van der Waals surface area contributed by atoms with Crippen molar-refractivity contribution in [1.29, 1.82) is 0 Å². The lowest BCUT2D eigenvalue weighted by molar-refractivity contribution is 0.190. The second-order valence-corrected chi connectivity index (χ2v) is 7.81. The Morgan fingerprint density at radius 1 is 1.23 bits per heavy atom. The molecule has 0 unspecified atom stereocenters. The molecule has 6 heteroatoms. The number of anilines is 1. The first-order chi connectivity index (χ1) is 10.8. The van der Waals surface area contributed by atoms with Crippen LogP contribution in [0.15, 0.2) is 5.51 Å². The number of thiazole rings is 1. The van der Waals surface area contributed by atoms with Gasteiger partial charge < -0.3 is 10.2 Å². The van der Waals surface area contributed by atoms with E-state index in [-0.39, 0.29) is 6.03 Å². The van der Waals surface area contributed by atoms with Crippen LogP contribution in [-0.2, 0) is 0 Å². The molecule has 0 radical (unpaired) electrons. The van der Waals surface area contributed by atoms with E-state index in [0.717, 1.165) is 42.5 Å². The van der Waals surface area contributed by atoms with Gasteiger partial charge in [-0.15, -0.1) is 11.3 Å². The minimum Gasteiger partial charge on any atom is -0.335 e. The number of piperidine rings is 1. The molecule has 1 aromatic heterocycles. The zero-order valence-corrected chi connectivity index (χ0v) is 13.7. The number of nitrogens with one attached hydrogen (secondary N) is 2. The average Bonchev–Trinajstić information content (AvgIpc) is 3.43. The maximum Gasteiger partial charge on any atom is 0.320 e.